The molecule has 0 amide bonds. The van der Waals surface area contributed by atoms with E-state index in [-0.39, 0.29) is 24.0 Å². The predicted octanol–water partition coefficient (Wildman–Crippen LogP) is 3.20. The molecule has 0 aromatic carbocycles. The van der Waals surface area contributed by atoms with Crippen LogP contribution in [0.3, 0.4) is 0 Å². The normalized spacial score (nSPS) is 22.2. The van der Waals surface area contributed by atoms with Crippen molar-refractivity contribution in [3.05, 3.63) is 16.1 Å². The summed E-state index contributed by atoms with van der Waals surface area (Å²) in [4.78, 5) is 12.3. The van der Waals surface area contributed by atoms with Gasteiger partial charge < -0.3 is 19.7 Å². The highest BCUT2D eigenvalue weighted by Crippen LogP contribution is 2.18. The van der Waals surface area contributed by atoms with E-state index in [0.717, 1.165) is 63.8 Å². The van der Waals surface area contributed by atoms with Crippen molar-refractivity contribution < 1.29 is 9.47 Å². The van der Waals surface area contributed by atoms with Gasteiger partial charge in [0.05, 0.1) is 36.6 Å². The van der Waals surface area contributed by atoms with Crippen LogP contribution in [0, 0.1) is 6.92 Å². The molecule has 8 heteroatoms. The second-order valence-electron chi connectivity index (χ2n) is 6.77. The third kappa shape index (κ3) is 6.31. The first-order valence-corrected chi connectivity index (χ1v) is 10.2. The van der Waals surface area contributed by atoms with Crippen molar-refractivity contribution in [1.29, 1.82) is 0 Å². The highest BCUT2D eigenvalue weighted by atomic mass is 127. The zero-order valence-electron chi connectivity index (χ0n) is 15.8. The lowest BCUT2D eigenvalue weighted by molar-refractivity contribution is -0.0721. The molecule has 26 heavy (non-hydrogen) atoms. The number of piperidine rings is 1. The van der Waals surface area contributed by atoms with Gasteiger partial charge in [0.1, 0.15) is 0 Å². The van der Waals surface area contributed by atoms with Gasteiger partial charge in [-0.15, -0.1) is 35.3 Å². The van der Waals surface area contributed by atoms with E-state index in [4.69, 9.17) is 9.47 Å². The molecule has 1 unspecified atom stereocenters. The van der Waals surface area contributed by atoms with Gasteiger partial charge in [-0.3, -0.25) is 4.99 Å². The predicted molar refractivity (Wildman–Crippen MR) is 117 cm³/mol. The lowest BCUT2D eigenvalue weighted by Crippen LogP contribution is -2.47. The van der Waals surface area contributed by atoms with E-state index in [1.165, 1.54) is 17.7 Å². The Morgan fingerprint density at radius 2 is 2.19 bits per heavy atom. The summed E-state index contributed by atoms with van der Waals surface area (Å²) in [6.45, 7) is 6.46. The number of hydrogen-bond acceptors (Lipinski definition) is 5. The summed E-state index contributed by atoms with van der Waals surface area (Å²) in [7, 11) is 1.85. The van der Waals surface area contributed by atoms with Crippen LogP contribution < -0.4 is 5.32 Å². The maximum atomic E-state index is 6.10. The number of thiazole rings is 1. The van der Waals surface area contributed by atoms with Crippen molar-refractivity contribution in [3.8, 4) is 0 Å². The largest absolute Gasteiger partial charge is 0.376 e. The number of aliphatic imine (C=N–C) groups is 1. The standard InChI is InChI=1S/C18H30N4O2S.HI/c1-14-17(25-13-21-14)11-20-18(19-2)22-8-6-15(7-9-22)24-12-16-5-3-4-10-23-16;/h13,15-16H,3-12H2,1-2H3,(H,19,20);1H. The van der Waals surface area contributed by atoms with Gasteiger partial charge in [0, 0.05) is 31.6 Å². The number of ether oxygens (including phenoxy) is 2. The minimum Gasteiger partial charge on any atom is -0.376 e. The quantitative estimate of drug-likeness (QED) is 0.387. The van der Waals surface area contributed by atoms with Gasteiger partial charge in [-0.2, -0.15) is 0 Å². The first kappa shape index (κ1) is 21.8. The maximum Gasteiger partial charge on any atom is 0.193 e. The molecule has 1 aromatic rings. The van der Waals surface area contributed by atoms with Crippen LogP contribution in [0.2, 0.25) is 0 Å². The zero-order chi connectivity index (χ0) is 17.5. The average molecular weight is 494 g/mol. The smallest absolute Gasteiger partial charge is 0.193 e. The maximum absolute atomic E-state index is 6.10. The topological polar surface area (TPSA) is 59.0 Å². The Morgan fingerprint density at radius 3 is 2.81 bits per heavy atom. The summed E-state index contributed by atoms with van der Waals surface area (Å²) < 4.78 is 11.9. The third-order valence-corrected chi connectivity index (χ3v) is 5.93. The number of aromatic nitrogens is 1. The Hall–Kier alpha value is -0.450. The molecular weight excluding hydrogens is 463 g/mol. The molecular formula is C18H31IN4O2S. The molecule has 2 aliphatic rings. The summed E-state index contributed by atoms with van der Waals surface area (Å²) >= 11 is 1.69. The van der Waals surface area contributed by atoms with Crippen LogP contribution in [0.4, 0.5) is 0 Å². The molecule has 2 aliphatic heterocycles. The van der Waals surface area contributed by atoms with Gasteiger partial charge in [0.25, 0.3) is 0 Å². The van der Waals surface area contributed by atoms with Crippen molar-refractivity contribution in [1.82, 2.24) is 15.2 Å². The molecule has 1 aromatic heterocycles. The summed E-state index contributed by atoms with van der Waals surface area (Å²) in [5, 5.41) is 3.47. The molecule has 3 heterocycles. The van der Waals surface area contributed by atoms with Gasteiger partial charge >= 0.3 is 0 Å². The summed E-state index contributed by atoms with van der Waals surface area (Å²) in [5.74, 6) is 0.974. The Labute approximate surface area is 177 Å². The molecule has 2 fully saturated rings. The molecule has 0 spiro atoms. The van der Waals surface area contributed by atoms with Crippen LogP contribution in [0.25, 0.3) is 0 Å². The van der Waals surface area contributed by atoms with E-state index in [1.54, 1.807) is 11.3 Å². The number of nitrogens with one attached hydrogen (secondary N) is 1. The van der Waals surface area contributed by atoms with E-state index >= 15 is 0 Å². The van der Waals surface area contributed by atoms with E-state index in [0.29, 0.717) is 12.2 Å². The summed E-state index contributed by atoms with van der Waals surface area (Å²) in [5.41, 5.74) is 3.00. The van der Waals surface area contributed by atoms with Crippen LogP contribution in [0.15, 0.2) is 10.5 Å². The van der Waals surface area contributed by atoms with Crippen LogP contribution in [0.5, 0.6) is 0 Å². The number of rotatable bonds is 5. The second kappa shape index (κ2) is 11.4. The van der Waals surface area contributed by atoms with Gasteiger partial charge in [-0.1, -0.05) is 0 Å². The Bertz CT molecular complexity index is 555. The molecule has 6 nitrogen and oxygen atoms in total. The monoisotopic (exact) mass is 494 g/mol. The van der Waals surface area contributed by atoms with Crippen molar-refractivity contribution in [2.24, 2.45) is 4.99 Å². The minimum absolute atomic E-state index is 0. The lowest BCUT2D eigenvalue weighted by atomic mass is 10.1. The molecule has 0 bridgehead atoms. The van der Waals surface area contributed by atoms with Crippen molar-refractivity contribution in [2.75, 3.05) is 33.4 Å². The molecule has 1 atom stereocenters. The van der Waals surface area contributed by atoms with Crippen LogP contribution in [-0.4, -0.2) is 61.4 Å². The highest BCUT2D eigenvalue weighted by Gasteiger charge is 2.23. The van der Waals surface area contributed by atoms with E-state index in [2.05, 4.69) is 27.1 Å². The van der Waals surface area contributed by atoms with Gasteiger partial charge in [0.2, 0.25) is 0 Å². The minimum atomic E-state index is 0. The van der Waals surface area contributed by atoms with Crippen LogP contribution >= 0.6 is 35.3 Å². The van der Waals surface area contributed by atoms with Crippen LogP contribution in [0.1, 0.15) is 42.7 Å². The lowest BCUT2D eigenvalue weighted by Gasteiger charge is -2.35. The van der Waals surface area contributed by atoms with Gasteiger partial charge in [-0.25, -0.2) is 4.98 Å². The molecule has 2 saturated heterocycles. The second-order valence-corrected chi connectivity index (χ2v) is 7.71. The van der Waals surface area contributed by atoms with E-state index < -0.39 is 0 Å². The molecule has 3 rings (SSSR count). The molecule has 0 aliphatic carbocycles. The van der Waals surface area contributed by atoms with Gasteiger partial charge in [-0.05, 0) is 39.0 Å². The number of guanidine groups is 1. The Morgan fingerprint density at radius 1 is 1.38 bits per heavy atom. The number of likely N-dealkylation sites (tertiary alicyclic amines) is 1. The first-order valence-electron chi connectivity index (χ1n) is 9.34. The number of halogens is 1. The van der Waals surface area contributed by atoms with Crippen molar-refractivity contribution in [2.45, 2.75) is 57.8 Å². The van der Waals surface area contributed by atoms with Gasteiger partial charge in [0.15, 0.2) is 5.96 Å². The van der Waals surface area contributed by atoms with E-state index in [9.17, 15) is 0 Å². The fourth-order valence-corrected chi connectivity index (χ4v) is 4.12. The first-order chi connectivity index (χ1) is 12.3. The third-order valence-electron chi connectivity index (χ3n) is 5.00. The fourth-order valence-electron chi connectivity index (χ4n) is 3.40. The van der Waals surface area contributed by atoms with Crippen LogP contribution in [-0.2, 0) is 16.0 Å². The summed E-state index contributed by atoms with van der Waals surface area (Å²) in [6, 6.07) is 0. The van der Waals surface area contributed by atoms with Crippen molar-refractivity contribution in [3.63, 3.8) is 0 Å². The van der Waals surface area contributed by atoms with Crippen molar-refractivity contribution >= 4 is 41.3 Å². The SMILES string of the molecule is CN=C(NCc1scnc1C)N1CCC(OCC2CCCCO2)CC1.I. The molecule has 0 radical (unpaired) electrons. The number of aryl methyl sites for hydroxylation is 1. The number of nitrogens with zero attached hydrogens (tertiary/aromatic N) is 3. The molecule has 148 valence electrons. The zero-order valence-corrected chi connectivity index (χ0v) is 18.9. The summed E-state index contributed by atoms with van der Waals surface area (Å²) in [6.07, 6.45) is 6.37. The Kier molecular flexibility index (Phi) is 9.58. The molecule has 0 saturated carbocycles. The Balaban J connectivity index is 0.00000243. The van der Waals surface area contributed by atoms with E-state index in [1.807, 2.05) is 12.6 Å². The number of hydrogen-bond donors (Lipinski definition) is 1. The highest BCUT2D eigenvalue weighted by molar-refractivity contribution is 14.0. The average Bonchev–Trinajstić information content (AvgIpc) is 3.07. The molecule has 1 N–H and O–H groups in total. The fraction of sp³-hybridized carbons (Fsp3) is 0.778.